The zero-order valence-corrected chi connectivity index (χ0v) is 17.4. The van der Waals surface area contributed by atoms with Crippen LogP contribution in [0, 0.1) is 5.41 Å². The largest absolute Gasteiger partial charge is 0.378 e. The van der Waals surface area contributed by atoms with E-state index in [-0.39, 0.29) is 41.3 Å². The molecule has 1 saturated carbocycles. The molecule has 1 aromatic carbocycles. The third-order valence-corrected chi connectivity index (χ3v) is 6.66. The highest BCUT2D eigenvalue weighted by Crippen LogP contribution is 2.50. The number of rotatable bonds is 4. The number of hydrogen-bond donors (Lipinski definition) is 2. The molecular weight excluding hydrogens is 348 g/mol. The summed E-state index contributed by atoms with van der Waals surface area (Å²) < 4.78 is 5.75. The van der Waals surface area contributed by atoms with Gasteiger partial charge in [-0.05, 0) is 36.3 Å². The SMILES string of the molecule is CCOC1CC(N)(C(=O)NC2CCC(C)(C)c3ccccc32)C1(C)C.Cl. The molecule has 0 saturated heterocycles. The van der Waals surface area contributed by atoms with Gasteiger partial charge in [-0.2, -0.15) is 0 Å². The van der Waals surface area contributed by atoms with Crippen molar-refractivity contribution < 1.29 is 9.53 Å². The number of halogens is 1. The van der Waals surface area contributed by atoms with Gasteiger partial charge in [0.2, 0.25) is 5.91 Å². The quantitative estimate of drug-likeness (QED) is 0.833. The van der Waals surface area contributed by atoms with Crippen LogP contribution in [0.1, 0.15) is 71.0 Å². The van der Waals surface area contributed by atoms with E-state index in [0.717, 1.165) is 12.8 Å². The number of amides is 1. The molecule has 26 heavy (non-hydrogen) atoms. The van der Waals surface area contributed by atoms with Crippen LogP contribution in [0.3, 0.4) is 0 Å². The summed E-state index contributed by atoms with van der Waals surface area (Å²) in [4.78, 5) is 13.1. The van der Waals surface area contributed by atoms with Crippen molar-refractivity contribution >= 4 is 18.3 Å². The number of carbonyl (C=O) groups excluding carboxylic acids is 1. The van der Waals surface area contributed by atoms with E-state index in [1.165, 1.54) is 11.1 Å². The van der Waals surface area contributed by atoms with E-state index in [2.05, 4.69) is 43.4 Å². The number of hydrogen-bond acceptors (Lipinski definition) is 3. The maximum Gasteiger partial charge on any atom is 0.241 e. The highest BCUT2D eigenvalue weighted by Gasteiger charge is 2.63. The van der Waals surface area contributed by atoms with E-state index in [1.54, 1.807) is 0 Å². The Kier molecular flexibility index (Phi) is 5.82. The van der Waals surface area contributed by atoms with E-state index in [4.69, 9.17) is 10.5 Å². The average Bonchev–Trinajstić information content (AvgIpc) is 2.57. The highest BCUT2D eigenvalue weighted by molar-refractivity contribution is 5.89. The Balaban J connectivity index is 0.00000243. The van der Waals surface area contributed by atoms with Crippen LogP contribution in [-0.2, 0) is 14.9 Å². The van der Waals surface area contributed by atoms with Gasteiger partial charge in [0.15, 0.2) is 0 Å². The van der Waals surface area contributed by atoms with Crippen molar-refractivity contribution in [3.8, 4) is 0 Å². The van der Waals surface area contributed by atoms with Gasteiger partial charge in [0.25, 0.3) is 0 Å². The molecule has 3 N–H and O–H groups in total. The van der Waals surface area contributed by atoms with Gasteiger partial charge >= 0.3 is 0 Å². The Bertz CT molecular complexity index is 674. The minimum Gasteiger partial charge on any atom is -0.378 e. The second kappa shape index (κ2) is 7.14. The standard InChI is InChI=1S/C21H32N2O2.ClH/c1-6-25-17-13-21(22,20(17,4)5)18(24)23-16-11-12-19(2,3)15-10-8-7-9-14(15)16;/h7-10,16-17H,6,11-13,22H2,1-5H3,(H,23,24);1H. The molecule has 0 radical (unpaired) electrons. The predicted molar refractivity (Wildman–Crippen MR) is 108 cm³/mol. The monoisotopic (exact) mass is 380 g/mol. The van der Waals surface area contributed by atoms with Gasteiger partial charge in [0, 0.05) is 18.4 Å². The zero-order valence-electron chi connectivity index (χ0n) is 16.6. The molecule has 0 aliphatic heterocycles. The van der Waals surface area contributed by atoms with E-state index in [1.807, 2.05) is 20.8 Å². The second-order valence-electron chi connectivity index (χ2n) is 8.88. The first-order chi connectivity index (χ1) is 11.6. The lowest BCUT2D eigenvalue weighted by Crippen LogP contribution is -2.76. The van der Waals surface area contributed by atoms with Crippen molar-refractivity contribution in [3.63, 3.8) is 0 Å². The Morgan fingerprint density at radius 1 is 1.27 bits per heavy atom. The lowest BCUT2D eigenvalue weighted by Gasteiger charge is -2.58. The van der Waals surface area contributed by atoms with Gasteiger partial charge in [-0.15, -0.1) is 12.4 Å². The summed E-state index contributed by atoms with van der Waals surface area (Å²) in [6.07, 6.45) is 2.63. The van der Waals surface area contributed by atoms with Crippen molar-refractivity contribution in [1.82, 2.24) is 5.32 Å². The number of carbonyl (C=O) groups is 1. The smallest absolute Gasteiger partial charge is 0.241 e. The van der Waals surface area contributed by atoms with Crippen LogP contribution >= 0.6 is 12.4 Å². The minimum absolute atomic E-state index is 0. The van der Waals surface area contributed by atoms with E-state index in [0.29, 0.717) is 13.0 Å². The second-order valence-corrected chi connectivity index (χ2v) is 8.88. The fourth-order valence-corrected chi connectivity index (χ4v) is 4.47. The van der Waals surface area contributed by atoms with Crippen LogP contribution < -0.4 is 11.1 Å². The summed E-state index contributed by atoms with van der Waals surface area (Å²) in [5.74, 6) is -0.0482. The van der Waals surface area contributed by atoms with Crippen LogP contribution in [0.2, 0.25) is 0 Å². The molecule has 1 fully saturated rings. The van der Waals surface area contributed by atoms with Crippen molar-refractivity contribution in [2.24, 2.45) is 11.1 Å². The van der Waals surface area contributed by atoms with Gasteiger partial charge in [0.05, 0.1) is 12.1 Å². The normalized spacial score (nSPS) is 31.2. The first-order valence-electron chi connectivity index (χ1n) is 9.44. The van der Waals surface area contributed by atoms with Gasteiger partial charge in [-0.3, -0.25) is 4.79 Å². The Hall–Kier alpha value is -1.10. The number of benzene rings is 1. The van der Waals surface area contributed by atoms with Crippen molar-refractivity contribution in [2.45, 2.75) is 77.0 Å². The van der Waals surface area contributed by atoms with Crippen molar-refractivity contribution in [1.29, 1.82) is 0 Å². The summed E-state index contributed by atoms with van der Waals surface area (Å²) in [7, 11) is 0. The van der Waals surface area contributed by atoms with Crippen LogP contribution in [0.4, 0.5) is 0 Å². The minimum atomic E-state index is -0.866. The van der Waals surface area contributed by atoms with Gasteiger partial charge in [-0.1, -0.05) is 52.0 Å². The molecule has 4 nitrogen and oxygen atoms in total. The summed E-state index contributed by atoms with van der Waals surface area (Å²) in [5, 5.41) is 3.25. The lowest BCUT2D eigenvalue weighted by molar-refractivity contribution is -0.171. The molecule has 0 aromatic heterocycles. The third-order valence-electron chi connectivity index (χ3n) is 6.66. The van der Waals surface area contributed by atoms with Crippen LogP contribution in [-0.4, -0.2) is 24.2 Å². The van der Waals surface area contributed by atoms with E-state index < -0.39 is 5.54 Å². The van der Waals surface area contributed by atoms with Gasteiger partial charge in [-0.25, -0.2) is 0 Å². The zero-order chi connectivity index (χ0) is 18.5. The first kappa shape index (κ1) is 21.2. The van der Waals surface area contributed by atoms with Crippen molar-refractivity contribution in [2.75, 3.05) is 6.61 Å². The molecule has 0 bridgehead atoms. The Labute approximate surface area is 163 Å². The molecule has 0 heterocycles. The number of nitrogens with one attached hydrogen (secondary N) is 1. The summed E-state index contributed by atoms with van der Waals surface area (Å²) >= 11 is 0. The maximum absolute atomic E-state index is 13.1. The topological polar surface area (TPSA) is 64.3 Å². The van der Waals surface area contributed by atoms with Crippen LogP contribution in [0.15, 0.2) is 24.3 Å². The average molecular weight is 381 g/mol. The van der Waals surface area contributed by atoms with E-state index in [9.17, 15) is 4.79 Å². The predicted octanol–water partition coefficient (Wildman–Crippen LogP) is 3.87. The van der Waals surface area contributed by atoms with Gasteiger partial charge < -0.3 is 15.8 Å². The number of nitrogens with two attached hydrogens (primary N) is 1. The molecule has 5 heteroatoms. The van der Waals surface area contributed by atoms with Crippen molar-refractivity contribution in [3.05, 3.63) is 35.4 Å². The fraction of sp³-hybridized carbons (Fsp3) is 0.667. The van der Waals surface area contributed by atoms with E-state index >= 15 is 0 Å². The molecule has 3 unspecified atom stereocenters. The molecule has 0 spiro atoms. The summed E-state index contributed by atoms with van der Waals surface area (Å²) in [6.45, 7) is 11.2. The molecule has 3 rings (SSSR count). The fourth-order valence-electron chi connectivity index (χ4n) is 4.47. The Morgan fingerprint density at radius 3 is 2.54 bits per heavy atom. The lowest BCUT2D eigenvalue weighted by atomic mass is 9.54. The molecule has 2 aliphatic carbocycles. The molecule has 146 valence electrons. The molecule has 3 atom stereocenters. The summed E-state index contributed by atoms with van der Waals surface area (Å²) in [6, 6.07) is 8.50. The highest BCUT2D eigenvalue weighted by atomic mass is 35.5. The first-order valence-corrected chi connectivity index (χ1v) is 9.44. The molecule has 1 amide bonds. The van der Waals surface area contributed by atoms with Crippen LogP contribution in [0.25, 0.3) is 0 Å². The summed E-state index contributed by atoms with van der Waals surface area (Å²) in [5.41, 5.74) is 8.03. The number of ether oxygens (including phenoxy) is 1. The van der Waals surface area contributed by atoms with Gasteiger partial charge in [0.1, 0.15) is 5.54 Å². The molecule has 2 aliphatic rings. The number of fused-ring (bicyclic) bond motifs is 1. The Morgan fingerprint density at radius 2 is 1.92 bits per heavy atom. The third kappa shape index (κ3) is 3.17. The molecular formula is C21H33ClN2O2. The molecule has 1 aromatic rings. The van der Waals surface area contributed by atoms with Crippen LogP contribution in [0.5, 0.6) is 0 Å². The maximum atomic E-state index is 13.1.